The predicted octanol–water partition coefficient (Wildman–Crippen LogP) is 1.54. The fourth-order valence-corrected chi connectivity index (χ4v) is 2.77. The Morgan fingerprint density at radius 2 is 2.11 bits per heavy atom. The lowest BCUT2D eigenvalue weighted by molar-refractivity contribution is -0.129. The molecule has 3 N–H and O–H groups in total. The Labute approximate surface area is 111 Å². The molecular weight excluding hydrogens is 228 g/mol. The lowest BCUT2D eigenvalue weighted by Gasteiger charge is -2.34. The van der Waals surface area contributed by atoms with Crippen LogP contribution in [0.15, 0.2) is 0 Å². The molecule has 106 valence electrons. The zero-order chi connectivity index (χ0) is 13.7. The Kier molecular flexibility index (Phi) is 6.09. The van der Waals surface area contributed by atoms with Crippen molar-refractivity contribution >= 4 is 5.91 Å². The number of carbonyl (C=O) groups is 1. The minimum absolute atomic E-state index is 0.00380. The predicted molar refractivity (Wildman–Crippen MR) is 73.1 cm³/mol. The molecule has 0 aromatic heterocycles. The van der Waals surface area contributed by atoms with E-state index in [0.717, 1.165) is 19.3 Å². The molecule has 1 saturated carbocycles. The van der Waals surface area contributed by atoms with E-state index in [4.69, 9.17) is 10.5 Å². The first-order valence-corrected chi connectivity index (χ1v) is 7.02. The molecule has 0 aliphatic heterocycles. The third-order valence-corrected chi connectivity index (χ3v) is 4.05. The van der Waals surface area contributed by atoms with Crippen LogP contribution >= 0.6 is 0 Å². The summed E-state index contributed by atoms with van der Waals surface area (Å²) in [5, 5.41) is 3.10. The molecule has 1 amide bonds. The second-order valence-corrected chi connectivity index (χ2v) is 5.91. The first-order chi connectivity index (χ1) is 8.47. The van der Waals surface area contributed by atoms with Crippen LogP contribution in [0.25, 0.3) is 0 Å². The summed E-state index contributed by atoms with van der Waals surface area (Å²) in [7, 11) is 1.66. The average Bonchev–Trinajstić information content (AvgIpc) is 2.28. The van der Waals surface area contributed by atoms with E-state index in [0.29, 0.717) is 18.4 Å². The highest BCUT2D eigenvalue weighted by Gasteiger charge is 2.34. The fourth-order valence-electron chi connectivity index (χ4n) is 2.77. The summed E-state index contributed by atoms with van der Waals surface area (Å²) in [6.45, 7) is 6.87. The first-order valence-electron chi connectivity index (χ1n) is 7.02. The number of nitrogens with two attached hydrogens (primary N) is 1. The van der Waals surface area contributed by atoms with Gasteiger partial charge in [-0.15, -0.1) is 0 Å². The van der Waals surface area contributed by atoms with Crippen LogP contribution in [0, 0.1) is 17.8 Å². The van der Waals surface area contributed by atoms with E-state index in [-0.39, 0.29) is 23.9 Å². The Bertz CT molecular complexity index is 259. The molecule has 0 heterocycles. The molecule has 4 heteroatoms. The van der Waals surface area contributed by atoms with Crippen LogP contribution in [-0.4, -0.2) is 31.7 Å². The summed E-state index contributed by atoms with van der Waals surface area (Å²) in [6.07, 6.45) is 3.19. The molecule has 0 aromatic rings. The maximum absolute atomic E-state index is 12.4. The third kappa shape index (κ3) is 3.95. The van der Waals surface area contributed by atoms with Gasteiger partial charge >= 0.3 is 0 Å². The average molecular weight is 256 g/mol. The monoisotopic (exact) mass is 256 g/mol. The van der Waals surface area contributed by atoms with Gasteiger partial charge < -0.3 is 15.8 Å². The molecule has 0 radical (unpaired) electrons. The molecule has 4 atom stereocenters. The molecule has 1 aliphatic carbocycles. The number of hydrogen-bond donors (Lipinski definition) is 2. The molecule has 1 rings (SSSR count). The van der Waals surface area contributed by atoms with Gasteiger partial charge in [0.2, 0.25) is 5.91 Å². The first kappa shape index (κ1) is 15.4. The van der Waals surface area contributed by atoms with Crippen molar-refractivity contribution in [3.05, 3.63) is 0 Å². The van der Waals surface area contributed by atoms with Gasteiger partial charge in [0.25, 0.3) is 0 Å². The molecule has 1 fully saturated rings. The Morgan fingerprint density at radius 1 is 1.44 bits per heavy atom. The van der Waals surface area contributed by atoms with Crippen LogP contribution in [0.5, 0.6) is 0 Å². The second kappa shape index (κ2) is 7.10. The standard InChI is InChI=1S/C14H28N2O2/c1-9(2)12(8-18-4)16-14(17)13-10(3)6-5-7-11(13)15/h9-13H,5-8,15H2,1-4H3,(H,16,17). The molecule has 0 spiro atoms. The Morgan fingerprint density at radius 3 is 2.61 bits per heavy atom. The molecule has 0 aromatic carbocycles. The molecule has 18 heavy (non-hydrogen) atoms. The highest BCUT2D eigenvalue weighted by Crippen LogP contribution is 2.29. The van der Waals surface area contributed by atoms with Crippen LogP contribution in [-0.2, 0) is 9.53 Å². The number of ether oxygens (including phenoxy) is 1. The van der Waals surface area contributed by atoms with E-state index in [1.165, 1.54) is 0 Å². The minimum Gasteiger partial charge on any atom is -0.383 e. The van der Waals surface area contributed by atoms with E-state index in [2.05, 4.69) is 26.1 Å². The summed E-state index contributed by atoms with van der Waals surface area (Å²) < 4.78 is 5.16. The van der Waals surface area contributed by atoms with Crippen LogP contribution in [0.4, 0.5) is 0 Å². The van der Waals surface area contributed by atoms with Crippen molar-refractivity contribution in [3.8, 4) is 0 Å². The van der Waals surface area contributed by atoms with Crippen LogP contribution in [0.1, 0.15) is 40.0 Å². The molecule has 0 saturated heterocycles. The molecular formula is C14H28N2O2. The van der Waals surface area contributed by atoms with E-state index in [1.807, 2.05) is 0 Å². The largest absolute Gasteiger partial charge is 0.383 e. The Hall–Kier alpha value is -0.610. The fraction of sp³-hybridized carbons (Fsp3) is 0.929. The summed E-state index contributed by atoms with van der Waals surface area (Å²) in [6, 6.07) is 0.0768. The topological polar surface area (TPSA) is 64.3 Å². The summed E-state index contributed by atoms with van der Waals surface area (Å²) >= 11 is 0. The van der Waals surface area contributed by atoms with Gasteiger partial charge in [0, 0.05) is 13.2 Å². The van der Waals surface area contributed by atoms with Gasteiger partial charge in [0.05, 0.1) is 18.6 Å². The van der Waals surface area contributed by atoms with Gasteiger partial charge in [-0.2, -0.15) is 0 Å². The van der Waals surface area contributed by atoms with E-state index >= 15 is 0 Å². The summed E-state index contributed by atoms with van der Waals surface area (Å²) in [5.41, 5.74) is 6.10. The Balaban J connectivity index is 2.61. The third-order valence-electron chi connectivity index (χ3n) is 4.05. The SMILES string of the molecule is COCC(NC(=O)C1C(C)CCCC1N)C(C)C. The van der Waals surface area contributed by atoms with Crippen molar-refractivity contribution in [2.24, 2.45) is 23.5 Å². The van der Waals surface area contributed by atoms with Gasteiger partial charge in [-0.1, -0.05) is 27.2 Å². The van der Waals surface area contributed by atoms with Gasteiger partial charge in [-0.25, -0.2) is 0 Å². The lowest BCUT2D eigenvalue weighted by Crippen LogP contribution is -2.51. The van der Waals surface area contributed by atoms with Gasteiger partial charge in [0.15, 0.2) is 0 Å². The molecule has 1 aliphatic rings. The zero-order valence-electron chi connectivity index (χ0n) is 12.1. The van der Waals surface area contributed by atoms with Crippen LogP contribution < -0.4 is 11.1 Å². The smallest absolute Gasteiger partial charge is 0.225 e. The van der Waals surface area contributed by atoms with Crippen LogP contribution in [0.3, 0.4) is 0 Å². The van der Waals surface area contributed by atoms with Gasteiger partial charge in [0.1, 0.15) is 0 Å². The van der Waals surface area contributed by atoms with Gasteiger partial charge in [-0.05, 0) is 24.7 Å². The number of nitrogens with one attached hydrogen (secondary N) is 1. The maximum atomic E-state index is 12.4. The molecule has 0 bridgehead atoms. The normalized spacial score (nSPS) is 30.2. The summed E-state index contributed by atoms with van der Waals surface area (Å²) in [4.78, 5) is 12.4. The summed E-state index contributed by atoms with van der Waals surface area (Å²) in [5.74, 6) is 0.801. The van der Waals surface area contributed by atoms with Gasteiger partial charge in [-0.3, -0.25) is 4.79 Å². The zero-order valence-corrected chi connectivity index (χ0v) is 12.1. The number of amides is 1. The highest BCUT2D eigenvalue weighted by atomic mass is 16.5. The van der Waals surface area contributed by atoms with Crippen molar-refractivity contribution in [1.29, 1.82) is 0 Å². The van der Waals surface area contributed by atoms with E-state index < -0.39 is 0 Å². The number of rotatable bonds is 5. The molecule has 4 nitrogen and oxygen atoms in total. The van der Waals surface area contributed by atoms with Crippen molar-refractivity contribution in [2.75, 3.05) is 13.7 Å². The minimum atomic E-state index is -0.0446. The molecule has 4 unspecified atom stereocenters. The van der Waals surface area contributed by atoms with Crippen molar-refractivity contribution < 1.29 is 9.53 Å². The van der Waals surface area contributed by atoms with Crippen molar-refractivity contribution in [2.45, 2.75) is 52.1 Å². The maximum Gasteiger partial charge on any atom is 0.225 e. The lowest BCUT2D eigenvalue weighted by atomic mass is 9.76. The quantitative estimate of drug-likeness (QED) is 0.784. The van der Waals surface area contributed by atoms with Crippen LogP contribution in [0.2, 0.25) is 0 Å². The number of methoxy groups -OCH3 is 1. The number of hydrogen-bond acceptors (Lipinski definition) is 3. The van der Waals surface area contributed by atoms with Crippen molar-refractivity contribution in [3.63, 3.8) is 0 Å². The second-order valence-electron chi connectivity index (χ2n) is 5.91. The number of carbonyl (C=O) groups excluding carboxylic acids is 1. The van der Waals surface area contributed by atoms with E-state index in [1.54, 1.807) is 7.11 Å². The van der Waals surface area contributed by atoms with E-state index in [9.17, 15) is 4.79 Å². The van der Waals surface area contributed by atoms with Crippen molar-refractivity contribution in [1.82, 2.24) is 5.32 Å². The highest BCUT2D eigenvalue weighted by molar-refractivity contribution is 5.80.